The van der Waals surface area contributed by atoms with Gasteiger partial charge in [0.05, 0.1) is 17.9 Å². The highest BCUT2D eigenvalue weighted by Gasteiger charge is 2.19. The van der Waals surface area contributed by atoms with E-state index in [0.29, 0.717) is 23.6 Å². The molecular formula is C14H21NO3. The van der Waals surface area contributed by atoms with Gasteiger partial charge in [-0.3, -0.25) is 0 Å². The van der Waals surface area contributed by atoms with Crippen LogP contribution in [0.5, 0.6) is 5.75 Å². The van der Waals surface area contributed by atoms with Crippen LogP contribution in [0.3, 0.4) is 0 Å². The molecule has 4 heteroatoms. The van der Waals surface area contributed by atoms with Crippen LogP contribution < -0.4 is 10.5 Å². The minimum atomic E-state index is -0.370. The summed E-state index contributed by atoms with van der Waals surface area (Å²) < 4.78 is 10.7. The van der Waals surface area contributed by atoms with Gasteiger partial charge in [-0.15, -0.1) is 0 Å². The van der Waals surface area contributed by atoms with Crippen LogP contribution in [0.2, 0.25) is 0 Å². The van der Waals surface area contributed by atoms with Gasteiger partial charge in [-0.25, -0.2) is 4.79 Å². The normalized spacial score (nSPS) is 11.1. The Morgan fingerprint density at radius 1 is 1.33 bits per heavy atom. The monoisotopic (exact) mass is 251 g/mol. The van der Waals surface area contributed by atoms with Crippen molar-refractivity contribution in [2.45, 2.75) is 39.7 Å². The van der Waals surface area contributed by atoms with E-state index in [1.807, 2.05) is 20.8 Å². The van der Waals surface area contributed by atoms with E-state index in [1.165, 1.54) is 0 Å². The third-order valence-electron chi connectivity index (χ3n) is 2.76. The summed E-state index contributed by atoms with van der Waals surface area (Å²) in [6.45, 7) is 8.14. The number of esters is 1. The first-order valence-corrected chi connectivity index (χ1v) is 6.15. The zero-order chi connectivity index (χ0) is 13.8. The van der Waals surface area contributed by atoms with Gasteiger partial charge >= 0.3 is 5.97 Å². The molecule has 0 aliphatic carbocycles. The van der Waals surface area contributed by atoms with E-state index in [4.69, 9.17) is 15.2 Å². The van der Waals surface area contributed by atoms with Gasteiger partial charge < -0.3 is 15.2 Å². The maximum Gasteiger partial charge on any atom is 0.338 e. The Bertz CT molecular complexity index is 427. The van der Waals surface area contributed by atoms with Crippen LogP contribution >= 0.6 is 0 Å². The molecule has 1 rings (SSSR count). The molecule has 4 nitrogen and oxygen atoms in total. The third-order valence-corrected chi connectivity index (χ3v) is 2.76. The molecule has 100 valence electrons. The highest BCUT2D eigenvalue weighted by molar-refractivity contribution is 5.91. The minimum absolute atomic E-state index is 0.278. The summed E-state index contributed by atoms with van der Waals surface area (Å²) in [6.07, 6.45) is 0.867. The summed E-state index contributed by atoms with van der Waals surface area (Å²) in [5, 5.41) is 0. The van der Waals surface area contributed by atoms with E-state index < -0.39 is 0 Å². The van der Waals surface area contributed by atoms with E-state index in [0.717, 1.165) is 6.42 Å². The van der Waals surface area contributed by atoms with E-state index in [-0.39, 0.29) is 11.6 Å². The van der Waals surface area contributed by atoms with Crippen molar-refractivity contribution in [2.24, 2.45) is 0 Å². The number of anilines is 1. The van der Waals surface area contributed by atoms with Gasteiger partial charge in [0.2, 0.25) is 0 Å². The maximum absolute atomic E-state index is 11.5. The molecule has 0 spiro atoms. The number of benzene rings is 1. The molecule has 0 aliphatic rings. The van der Waals surface area contributed by atoms with Crippen molar-refractivity contribution in [1.29, 1.82) is 0 Å². The Kier molecular flexibility index (Phi) is 4.59. The van der Waals surface area contributed by atoms with E-state index in [9.17, 15) is 4.79 Å². The molecule has 1 aromatic carbocycles. The Morgan fingerprint density at radius 3 is 2.50 bits per heavy atom. The molecule has 0 aromatic heterocycles. The van der Waals surface area contributed by atoms with Gasteiger partial charge in [-0.1, -0.05) is 6.92 Å². The van der Waals surface area contributed by atoms with Crippen molar-refractivity contribution in [3.63, 3.8) is 0 Å². The smallest absolute Gasteiger partial charge is 0.338 e. The van der Waals surface area contributed by atoms with E-state index in [2.05, 4.69) is 0 Å². The van der Waals surface area contributed by atoms with Crippen molar-refractivity contribution >= 4 is 11.7 Å². The molecule has 0 unspecified atom stereocenters. The molecule has 0 bridgehead atoms. The second-order valence-corrected chi connectivity index (χ2v) is 4.69. The molecule has 0 heterocycles. The number of nitrogen functional groups attached to an aromatic ring is 1. The van der Waals surface area contributed by atoms with Crippen LogP contribution in [0.4, 0.5) is 5.69 Å². The average molecular weight is 251 g/mol. The SMILES string of the molecule is CCOC(=O)c1ccc(OC(C)(C)CC)c(N)c1. The number of carbonyl (C=O) groups is 1. The largest absolute Gasteiger partial charge is 0.486 e. The lowest BCUT2D eigenvalue weighted by Crippen LogP contribution is -2.27. The average Bonchev–Trinajstić information content (AvgIpc) is 2.32. The van der Waals surface area contributed by atoms with Crippen LogP contribution in [0.15, 0.2) is 18.2 Å². The van der Waals surface area contributed by atoms with Crippen molar-refractivity contribution in [3.8, 4) is 5.75 Å². The van der Waals surface area contributed by atoms with Gasteiger partial charge in [-0.2, -0.15) is 0 Å². The van der Waals surface area contributed by atoms with Gasteiger partial charge in [0.1, 0.15) is 11.4 Å². The lowest BCUT2D eigenvalue weighted by molar-refractivity contribution is 0.0526. The number of carbonyl (C=O) groups excluding carboxylic acids is 1. The minimum Gasteiger partial charge on any atom is -0.486 e. The second-order valence-electron chi connectivity index (χ2n) is 4.69. The van der Waals surface area contributed by atoms with Crippen LogP contribution in [0.1, 0.15) is 44.5 Å². The van der Waals surface area contributed by atoms with Gasteiger partial charge in [0, 0.05) is 0 Å². The fourth-order valence-corrected chi connectivity index (χ4v) is 1.35. The highest BCUT2D eigenvalue weighted by Crippen LogP contribution is 2.28. The van der Waals surface area contributed by atoms with E-state index in [1.54, 1.807) is 25.1 Å². The molecule has 0 amide bonds. The summed E-state index contributed by atoms with van der Waals surface area (Å²) >= 11 is 0. The van der Waals surface area contributed by atoms with Gasteiger partial charge in [0.15, 0.2) is 0 Å². The van der Waals surface area contributed by atoms with Crippen molar-refractivity contribution in [2.75, 3.05) is 12.3 Å². The Labute approximate surface area is 108 Å². The highest BCUT2D eigenvalue weighted by atomic mass is 16.5. The zero-order valence-corrected chi connectivity index (χ0v) is 11.4. The first-order valence-electron chi connectivity index (χ1n) is 6.15. The molecule has 0 saturated heterocycles. The summed E-state index contributed by atoms with van der Waals surface area (Å²) in [5.74, 6) is 0.223. The van der Waals surface area contributed by atoms with Crippen molar-refractivity contribution in [3.05, 3.63) is 23.8 Å². The standard InChI is InChI=1S/C14H21NO3/c1-5-14(3,4)18-12-8-7-10(9-11(12)15)13(16)17-6-2/h7-9H,5-6,15H2,1-4H3. The lowest BCUT2D eigenvalue weighted by atomic mass is 10.1. The lowest BCUT2D eigenvalue weighted by Gasteiger charge is -2.25. The molecule has 1 aromatic rings. The second kappa shape index (κ2) is 5.76. The fraction of sp³-hybridized carbons (Fsp3) is 0.500. The molecule has 0 atom stereocenters. The Hall–Kier alpha value is -1.71. The predicted octanol–water partition coefficient (Wildman–Crippen LogP) is 3.01. The Morgan fingerprint density at radius 2 is 2.00 bits per heavy atom. The Balaban J connectivity index is 2.89. The van der Waals surface area contributed by atoms with E-state index >= 15 is 0 Å². The number of hydrogen-bond donors (Lipinski definition) is 1. The van der Waals surface area contributed by atoms with Crippen molar-refractivity contribution < 1.29 is 14.3 Å². The predicted molar refractivity (Wildman–Crippen MR) is 71.8 cm³/mol. The molecule has 0 saturated carbocycles. The van der Waals surface area contributed by atoms with Crippen LogP contribution in [0, 0.1) is 0 Å². The fourth-order valence-electron chi connectivity index (χ4n) is 1.35. The third kappa shape index (κ3) is 3.65. The summed E-state index contributed by atoms with van der Waals surface area (Å²) in [5.41, 5.74) is 6.49. The summed E-state index contributed by atoms with van der Waals surface area (Å²) in [4.78, 5) is 11.5. The zero-order valence-electron chi connectivity index (χ0n) is 11.4. The summed E-state index contributed by atoms with van der Waals surface area (Å²) in [6, 6.07) is 4.95. The summed E-state index contributed by atoms with van der Waals surface area (Å²) in [7, 11) is 0. The molecule has 18 heavy (non-hydrogen) atoms. The number of hydrogen-bond acceptors (Lipinski definition) is 4. The topological polar surface area (TPSA) is 61.5 Å². The number of rotatable bonds is 5. The number of nitrogens with two attached hydrogens (primary N) is 1. The van der Waals surface area contributed by atoms with Crippen LogP contribution in [-0.4, -0.2) is 18.2 Å². The molecule has 0 radical (unpaired) electrons. The van der Waals surface area contributed by atoms with Crippen LogP contribution in [-0.2, 0) is 4.74 Å². The maximum atomic E-state index is 11.5. The first kappa shape index (κ1) is 14.4. The van der Waals surface area contributed by atoms with Crippen LogP contribution in [0.25, 0.3) is 0 Å². The number of ether oxygens (including phenoxy) is 2. The first-order chi connectivity index (χ1) is 8.39. The molecule has 0 aliphatic heterocycles. The molecule has 0 fully saturated rings. The quantitative estimate of drug-likeness (QED) is 0.645. The molecule has 2 N–H and O–H groups in total. The van der Waals surface area contributed by atoms with Gasteiger partial charge in [-0.05, 0) is 45.4 Å². The van der Waals surface area contributed by atoms with Gasteiger partial charge in [0.25, 0.3) is 0 Å². The van der Waals surface area contributed by atoms with Crippen molar-refractivity contribution in [1.82, 2.24) is 0 Å². The molecular weight excluding hydrogens is 230 g/mol.